The molecule has 4 aromatic rings. The number of aromatic nitrogens is 4. The van der Waals surface area contributed by atoms with E-state index < -0.39 is 0 Å². The van der Waals surface area contributed by atoms with Crippen molar-refractivity contribution in [3.8, 4) is 23.3 Å². The zero-order valence-corrected chi connectivity index (χ0v) is 21.1. The summed E-state index contributed by atoms with van der Waals surface area (Å²) in [6.07, 6.45) is 4.79. The fourth-order valence-corrected chi connectivity index (χ4v) is 4.71. The standard InChI is InChI=1S/C26H22N8O3S/c1-3-5-21(35)34-13-4-6-17(15-34)30-24-22-19(11-12-28-23(22)32-33-24)37-18-9-7-16(8-10-18)25(36)31-26-29-14-20(27-2)38-26/h7-12,14,17H,4,6,13,15H2,1H3,(H,29,31,36)(H2,28,30,32,33)/t17-/m1/s1. The van der Waals surface area contributed by atoms with Crippen molar-refractivity contribution in [3.05, 3.63) is 59.7 Å². The van der Waals surface area contributed by atoms with Crippen molar-refractivity contribution >= 4 is 50.1 Å². The number of hydrogen-bond donors (Lipinski definition) is 3. The Labute approximate surface area is 222 Å². The number of amides is 2. The molecule has 0 aliphatic carbocycles. The summed E-state index contributed by atoms with van der Waals surface area (Å²) in [6.45, 7) is 9.88. The summed E-state index contributed by atoms with van der Waals surface area (Å²) in [5.41, 5.74) is 0.982. The number of H-pyrrole nitrogens is 1. The summed E-state index contributed by atoms with van der Waals surface area (Å²) in [4.78, 5) is 38.2. The second kappa shape index (κ2) is 11.0. The molecular weight excluding hydrogens is 504 g/mol. The minimum Gasteiger partial charge on any atom is -0.456 e. The van der Waals surface area contributed by atoms with Crippen molar-refractivity contribution in [2.75, 3.05) is 23.7 Å². The summed E-state index contributed by atoms with van der Waals surface area (Å²) >= 11 is 1.11. The zero-order valence-electron chi connectivity index (χ0n) is 20.3. The van der Waals surface area contributed by atoms with Crippen LogP contribution >= 0.6 is 11.3 Å². The van der Waals surface area contributed by atoms with Crippen LogP contribution < -0.4 is 15.4 Å². The van der Waals surface area contributed by atoms with Crippen molar-refractivity contribution in [1.29, 1.82) is 0 Å². The Morgan fingerprint density at radius 3 is 2.87 bits per heavy atom. The van der Waals surface area contributed by atoms with Crippen molar-refractivity contribution in [2.24, 2.45) is 0 Å². The molecule has 1 aliphatic heterocycles. The number of fused-ring (bicyclic) bond motifs is 1. The number of rotatable bonds is 6. The van der Waals surface area contributed by atoms with Gasteiger partial charge in [-0.05, 0) is 50.0 Å². The number of nitrogens with one attached hydrogen (secondary N) is 3. The van der Waals surface area contributed by atoms with E-state index in [-0.39, 0.29) is 17.9 Å². The van der Waals surface area contributed by atoms with Crippen molar-refractivity contribution in [1.82, 2.24) is 25.1 Å². The van der Waals surface area contributed by atoms with E-state index in [1.807, 2.05) is 0 Å². The van der Waals surface area contributed by atoms with Crippen molar-refractivity contribution < 1.29 is 14.3 Å². The first kappa shape index (κ1) is 24.7. The number of ether oxygens (including phenoxy) is 1. The molecule has 0 saturated carbocycles. The molecule has 5 rings (SSSR count). The number of likely N-dealkylation sites (tertiary alicyclic amines) is 1. The highest BCUT2D eigenvalue weighted by Crippen LogP contribution is 2.34. The Morgan fingerprint density at radius 1 is 1.26 bits per heavy atom. The number of nitrogens with zero attached hydrogens (tertiary/aromatic N) is 5. The molecule has 4 heterocycles. The lowest BCUT2D eigenvalue weighted by atomic mass is 10.1. The third-order valence-electron chi connectivity index (χ3n) is 5.87. The molecule has 1 fully saturated rings. The van der Waals surface area contributed by atoms with Crippen molar-refractivity contribution in [2.45, 2.75) is 25.8 Å². The molecule has 11 nitrogen and oxygen atoms in total. The topological polar surface area (TPSA) is 129 Å². The lowest BCUT2D eigenvalue weighted by Crippen LogP contribution is -2.44. The van der Waals surface area contributed by atoms with Gasteiger partial charge in [0, 0.05) is 43.2 Å². The van der Waals surface area contributed by atoms with Crippen LogP contribution in [0.2, 0.25) is 0 Å². The minimum atomic E-state index is -0.333. The molecule has 1 saturated heterocycles. The maximum Gasteiger partial charge on any atom is 0.298 e. The third-order valence-corrected chi connectivity index (χ3v) is 6.68. The van der Waals surface area contributed by atoms with Gasteiger partial charge in [0.05, 0.1) is 6.57 Å². The van der Waals surface area contributed by atoms with Crippen LogP contribution in [-0.4, -0.2) is 56.0 Å². The van der Waals surface area contributed by atoms with Crippen LogP contribution in [0, 0.1) is 18.4 Å². The van der Waals surface area contributed by atoms with Crippen molar-refractivity contribution in [3.63, 3.8) is 0 Å². The number of aromatic amines is 1. The quantitative estimate of drug-likeness (QED) is 0.250. The fourth-order valence-electron chi connectivity index (χ4n) is 4.12. The summed E-state index contributed by atoms with van der Waals surface area (Å²) in [5.74, 6) is 6.42. The number of carbonyl (C=O) groups excluding carboxylic acids is 2. The maximum atomic E-state index is 12.5. The normalized spacial score (nSPS) is 14.7. The highest BCUT2D eigenvalue weighted by atomic mass is 32.1. The number of anilines is 2. The van der Waals surface area contributed by atoms with Crippen LogP contribution in [-0.2, 0) is 4.79 Å². The number of benzene rings is 1. The van der Waals surface area contributed by atoms with Gasteiger partial charge >= 0.3 is 0 Å². The minimum absolute atomic E-state index is 0.00686. The number of hydrogen-bond acceptors (Lipinski definition) is 8. The van der Waals surface area contributed by atoms with Crippen LogP contribution in [0.25, 0.3) is 15.9 Å². The average Bonchev–Trinajstić information content (AvgIpc) is 3.57. The number of piperidine rings is 1. The van der Waals surface area contributed by atoms with E-state index in [9.17, 15) is 9.59 Å². The van der Waals surface area contributed by atoms with Gasteiger partial charge in [-0.25, -0.2) is 14.8 Å². The van der Waals surface area contributed by atoms with Crippen LogP contribution in [0.5, 0.6) is 11.5 Å². The molecule has 1 aliphatic rings. The van der Waals surface area contributed by atoms with Gasteiger partial charge in [0.1, 0.15) is 16.9 Å². The Kier molecular flexibility index (Phi) is 7.15. The summed E-state index contributed by atoms with van der Waals surface area (Å²) in [7, 11) is 0. The Hall–Kier alpha value is -4.94. The summed E-state index contributed by atoms with van der Waals surface area (Å²) in [6, 6.07) is 8.43. The van der Waals surface area contributed by atoms with E-state index in [0.29, 0.717) is 57.1 Å². The van der Waals surface area contributed by atoms with Gasteiger partial charge in [-0.2, -0.15) is 5.10 Å². The van der Waals surface area contributed by atoms with E-state index in [2.05, 4.69) is 47.5 Å². The van der Waals surface area contributed by atoms with Gasteiger partial charge in [0.25, 0.3) is 16.8 Å². The van der Waals surface area contributed by atoms with Gasteiger partial charge in [-0.3, -0.25) is 20.0 Å². The fraction of sp³-hybridized carbons (Fsp3) is 0.231. The molecular formula is C26H22N8O3S. The van der Waals surface area contributed by atoms with Crippen LogP contribution in [0.4, 0.5) is 16.0 Å². The maximum absolute atomic E-state index is 12.5. The molecule has 2 amide bonds. The second-order valence-electron chi connectivity index (χ2n) is 8.41. The molecule has 12 heteroatoms. The molecule has 190 valence electrons. The molecule has 3 aromatic heterocycles. The summed E-state index contributed by atoms with van der Waals surface area (Å²) < 4.78 is 6.14. The molecule has 1 aromatic carbocycles. The first-order valence-electron chi connectivity index (χ1n) is 11.8. The van der Waals surface area contributed by atoms with Crippen LogP contribution in [0.15, 0.2) is 42.7 Å². The van der Waals surface area contributed by atoms with E-state index in [0.717, 1.165) is 24.2 Å². The van der Waals surface area contributed by atoms with Gasteiger partial charge in [-0.1, -0.05) is 5.92 Å². The lowest BCUT2D eigenvalue weighted by Gasteiger charge is -2.32. The van der Waals surface area contributed by atoms with Gasteiger partial charge < -0.3 is 15.0 Å². The number of pyridine rings is 1. The molecule has 0 unspecified atom stereocenters. The van der Waals surface area contributed by atoms with Gasteiger partial charge in [-0.15, -0.1) is 11.3 Å². The predicted octanol–water partition coefficient (Wildman–Crippen LogP) is 4.44. The average molecular weight is 527 g/mol. The molecule has 38 heavy (non-hydrogen) atoms. The molecule has 0 radical (unpaired) electrons. The molecule has 0 bridgehead atoms. The second-order valence-corrected chi connectivity index (χ2v) is 9.42. The Bertz CT molecular complexity index is 1590. The zero-order chi connectivity index (χ0) is 26.5. The van der Waals surface area contributed by atoms with E-state index in [4.69, 9.17) is 11.3 Å². The molecule has 0 spiro atoms. The van der Waals surface area contributed by atoms with Crippen LogP contribution in [0.3, 0.4) is 0 Å². The molecule has 3 N–H and O–H groups in total. The molecule has 1 atom stereocenters. The monoisotopic (exact) mass is 526 g/mol. The van der Waals surface area contributed by atoms with E-state index >= 15 is 0 Å². The Balaban J connectivity index is 1.30. The number of thiazole rings is 1. The first-order valence-corrected chi connectivity index (χ1v) is 12.6. The SMILES string of the molecule is [C-]#[N+]c1cnc(NC(=O)c2ccc(Oc3ccnc4[nH]nc(N[C@@H]5CCCN(C(=O)C#CC)C5)c34)cc2)s1. The van der Waals surface area contributed by atoms with Gasteiger partial charge in [0.15, 0.2) is 16.6 Å². The summed E-state index contributed by atoms with van der Waals surface area (Å²) in [5, 5.41) is 14.9. The largest absolute Gasteiger partial charge is 0.456 e. The van der Waals surface area contributed by atoms with E-state index in [1.54, 1.807) is 48.4 Å². The number of carbonyl (C=O) groups is 2. The van der Waals surface area contributed by atoms with Gasteiger partial charge in [0.2, 0.25) is 0 Å². The van der Waals surface area contributed by atoms with Crippen LogP contribution in [0.1, 0.15) is 30.1 Å². The highest BCUT2D eigenvalue weighted by molar-refractivity contribution is 7.19. The van der Waals surface area contributed by atoms with E-state index in [1.165, 1.54) is 6.20 Å². The first-order chi connectivity index (χ1) is 18.5. The smallest absolute Gasteiger partial charge is 0.298 e. The third kappa shape index (κ3) is 5.40. The predicted molar refractivity (Wildman–Crippen MR) is 143 cm³/mol. The highest BCUT2D eigenvalue weighted by Gasteiger charge is 2.24. The lowest BCUT2D eigenvalue weighted by molar-refractivity contribution is -0.126. The Morgan fingerprint density at radius 2 is 2.11 bits per heavy atom.